The van der Waals surface area contributed by atoms with Gasteiger partial charge in [-0.25, -0.2) is 0 Å². The lowest BCUT2D eigenvalue weighted by Crippen LogP contribution is -2.53. The van der Waals surface area contributed by atoms with Gasteiger partial charge in [-0.05, 0) is 94.2 Å². The van der Waals surface area contributed by atoms with Gasteiger partial charge in [-0.1, -0.05) is 6.07 Å². The number of nitrogens with one attached hydrogen (secondary N) is 1. The molecule has 0 atom stereocenters. The van der Waals surface area contributed by atoms with Crippen LogP contribution in [0.25, 0.3) is 0 Å². The predicted molar refractivity (Wildman–Crippen MR) is 106 cm³/mol. The zero-order valence-electron chi connectivity index (χ0n) is 16.8. The predicted octanol–water partition coefficient (Wildman–Crippen LogP) is 4.36. The highest BCUT2D eigenvalue weighted by molar-refractivity contribution is 5.83. The topological polar surface area (TPSA) is 47.6 Å². The fraction of sp³-hybridized carbons (Fsp3) is 0.696. The Labute approximate surface area is 163 Å². The molecule has 4 bridgehead atoms. The molecule has 4 nitrogen and oxygen atoms in total. The van der Waals surface area contributed by atoms with E-state index in [2.05, 4.69) is 11.4 Å². The van der Waals surface area contributed by atoms with E-state index in [9.17, 15) is 4.79 Å². The van der Waals surface area contributed by atoms with Crippen LogP contribution < -0.4 is 14.8 Å². The summed E-state index contributed by atoms with van der Waals surface area (Å²) >= 11 is 0. The molecule has 0 radical (unpaired) electrons. The second kappa shape index (κ2) is 7.73. The summed E-state index contributed by atoms with van der Waals surface area (Å²) in [6.07, 6.45) is 8.33. The maximum absolute atomic E-state index is 13.0. The quantitative estimate of drug-likeness (QED) is 0.739. The van der Waals surface area contributed by atoms with Crippen molar-refractivity contribution in [2.24, 2.45) is 23.2 Å². The summed E-state index contributed by atoms with van der Waals surface area (Å²) in [6, 6.07) is 6.10. The van der Waals surface area contributed by atoms with Crippen molar-refractivity contribution in [1.29, 1.82) is 0 Å². The summed E-state index contributed by atoms with van der Waals surface area (Å²) in [6.45, 7) is 5.89. The number of rotatable bonds is 8. The molecule has 5 rings (SSSR count). The molecule has 0 saturated heterocycles. The van der Waals surface area contributed by atoms with E-state index in [0.717, 1.165) is 54.9 Å². The first-order valence-corrected chi connectivity index (χ1v) is 10.8. The molecule has 4 heteroatoms. The van der Waals surface area contributed by atoms with Crippen LogP contribution in [0.1, 0.15) is 57.9 Å². The molecule has 0 spiro atoms. The molecule has 4 aliphatic rings. The van der Waals surface area contributed by atoms with Crippen molar-refractivity contribution in [2.45, 2.75) is 58.8 Å². The number of hydrogen-bond donors (Lipinski definition) is 1. The van der Waals surface area contributed by atoms with Gasteiger partial charge in [-0.2, -0.15) is 0 Å². The van der Waals surface area contributed by atoms with E-state index in [1.807, 2.05) is 26.0 Å². The van der Waals surface area contributed by atoms with Gasteiger partial charge in [-0.3, -0.25) is 4.79 Å². The molecule has 1 aromatic rings. The summed E-state index contributed by atoms with van der Waals surface area (Å²) < 4.78 is 11.3. The second-order valence-corrected chi connectivity index (χ2v) is 8.85. The number of benzene rings is 1. The lowest BCUT2D eigenvalue weighted by molar-refractivity contribution is -0.146. The lowest BCUT2D eigenvalue weighted by Gasteiger charge is -2.55. The number of ether oxygens (including phenoxy) is 2. The van der Waals surface area contributed by atoms with E-state index in [1.165, 1.54) is 24.8 Å². The molecule has 4 aliphatic carbocycles. The first-order chi connectivity index (χ1) is 13.1. The van der Waals surface area contributed by atoms with Crippen LogP contribution in [-0.2, 0) is 11.2 Å². The molecule has 0 unspecified atom stereocenters. The van der Waals surface area contributed by atoms with Gasteiger partial charge in [0.25, 0.3) is 0 Å². The van der Waals surface area contributed by atoms with Crippen molar-refractivity contribution in [3.05, 3.63) is 23.8 Å². The SMILES string of the molecule is CCOc1ccc(CCNC(=O)C23CC4CC(CC(C4)C2)C3)cc1OCC. The standard InChI is InChI=1S/C23H33NO3/c1-3-26-20-6-5-16(12-21(20)27-4-2)7-8-24-22(25)23-13-17-9-18(14-23)11-19(10-17)15-23/h5-6,12,17-19H,3-4,7-11,13-15H2,1-2H3,(H,24,25). The third-order valence-corrected chi connectivity index (χ3v) is 6.83. The fourth-order valence-corrected chi connectivity index (χ4v) is 6.15. The minimum atomic E-state index is -0.0515. The molecule has 27 heavy (non-hydrogen) atoms. The molecule has 0 heterocycles. The Morgan fingerprint density at radius 2 is 1.59 bits per heavy atom. The van der Waals surface area contributed by atoms with Crippen LogP contribution in [0.2, 0.25) is 0 Å². The first-order valence-electron chi connectivity index (χ1n) is 10.8. The van der Waals surface area contributed by atoms with Crippen LogP contribution in [0, 0.1) is 23.2 Å². The fourth-order valence-electron chi connectivity index (χ4n) is 6.15. The lowest BCUT2D eigenvalue weighted by atomic mass is 9.49. The highest BCUT2D eigenvalue weighted by Crippen LogP contribution is 2.60. The third-order valence-electron chi connectivity index (χ3n) is 6.83. The Hall–Kier alpha value is -1.71. The van der Waals surface area contributed by atoms with Crippen LogP contribution in [0.3, 0.4) is 0 Å². The summed E-state index contributed by atoms with van der Waals surface area (Å²) in [5.74, 6) is 4.33. The Bertz CT molecular complexity index is 649. The van der Waals surface area contributed by atoms with Crippen molar-refractivity contribution < 1.29 is 14.3 Å². The number of amides is 1. The van der Waals surface area contributed by atoms with E-state index in [1.54, 1.807) is 0 Å². The van der Waals surface area contributed by atoms with E-state index >= 15 is 0 Å². The molecular formula is C23H33NO3. The van der Waals surface area contributed by atoms with Gasteiger partial charge in [0.05, 0.1) is 13.2 Å². The average molecular weight is 372 g/mol. The minimum absolute atomic E-state index is 0.0515. The highest BCUT2D eigenvalue weighted by Gasteiger charge is 2.54. The molecule has 4 saturated carbocycles. The maximum atomic E-state index is 13.0. The smallest absolute Gasteiger partial charge is 0.226 e. The van der Waals surface area contributed by atoms with Crippen molar-refractivity contribution in [1.82, 2.24) is 5.32 Å². The van der Waals surface area contributed by atoms with Gasteiger partial charge in [0.2, 0.25) is 5.91 Å². The molecule has 148 valence electrons. The number of hydrogen-bond acceptors (Lipinski definition) is 3. The highest BCUT2D eigenvalue weighted by atomic mass is 16.5. The zero-order valence-corrected chi connectivity index (χ0v) is 16.8. The molecule has 1 N–H and O–H groups in total. The zero-order chi connectivity index (χ0) is 18.9. The van der Waals surface area contributed by atoms with Crippen molar-refractivity contribution >= 4 is 5.91 Å². The number of carbonyl (C=O) groups excluding carboxylic acids is 1. The molecule has 1 amide bonds. The minimum Gasteiger partial charge on any atom is -0.490 e. The van der Waals surface area contributed by atoms with Gasteiger partial charge in [-0.15, -0.1) is 0 Å². The molecule has 4 fully saturated rings. The van der Waals surface area contributed by atoms with Gasteiger partial charge >= 0.3 is 0 Å². The Kier molecular flexibility index (Phi) is 5.34. The average Bonchev–Trinajstić information content (AvgIpc) is 2.63. The van der Waals surface area contributed by atoms with Crippen molar-refractivity contribution in [3.8, 4) is 11.5 Å². The maximum Gasteiger partial charge on any atom is 0.226 e. The van der Waals surface area contributed by atoms with E-state index in [0.29, 0.717) is 25.7 Å². The first kappa shape index (κ1) is 18.6. The van der Waals surface area contributed by atoms with Crippen LogP contribution in [0.15, 0.2) is 18.2 Å². The van der Waals surface area contributed by atoms with E-state index < -0.39 is 0 Å². The second-order valence-electron chi connectivity index (χ2n) is 8.85. The van der Waals surface area contributed by atoms with Crippen LogP contribution in [-0.4, -0.2) is 25.7 Å². The molecule has 1 aromatic carbocycles. The van der Waals surface area contributed by atoms with Gasteiger partial charge in [0.15, 0.2) is 11.5 Å². The van der Waals surface area contributed by atoms with Gasteiger partial charge < -0.3 is 14.8 Å². The largest absolute Gasteiger partial charge is 0.490 e. The summed E-state index contributed by atoms with van der Waals surface area (Å²) in [5.41, 5.74) is 1.12. The van der Waals surface area contributed by atoms with E-state index in [4.69, 9.17) is 9.47 Å². The number of carbonyl (C=O) groups is 1. The monoisotopic (exact) mass is 371 g/mol. The Balaban J connectivity index is 1.34. The van der Waals surface area contributed by atoms with Crippen molar-refractivity contribution in [3.63, 3.8) is 0 Å². The summed E-state index contributed by atoms with van der Waals surface area (Å²) in [4.78, 5) is 13.0. The van der Waals surface area contributed by atoms with Crippen LogP contribution >= 0.6 is 0 Å². The Morgan fingerprint density at radius 1 is 1.00 bits per heavy atom. The molecular weight excluding hydrogens is 338 g/mol. The summed E-state index contributed by atoms with van der Waals surface area (Å²) in [5, 5.41) is 3.27. The van der Waals surface area contributed by atoms with Gasteiger partial charge in [0, 0.05) is 12.0 Å². The van der Waals surface area contributed by atoms with Crippen LogP contribution in [0.5, 0.6) is 11.5 Å². The molecule has 0 aliphatic heterocycles. The normalized spacial score (nSPS) is 31.0. The van der Waals surface area contributed by atoms with Crippen molar-refractivity contribution in [2.75, 3.05) is 19.8 Å². The van der Waals surface area contributed by atoms with Crippen LogP contribution in [0.4, 0.5) is 0 Å². The van der Waals surface area contributed by atoms with E-state index in [-0.39, 0.29) is 5.41 Å². The Morgan fingerprint density at radius 3 is 2.19 bits per heavy atom. The molecule has 0 aromatic heterocycles. The summed E-state index contributed by atoms with van der Waals surface area (Å²) in [7, 11) is 0. The van der Waals surface area contributed by atoms with Gasteiger partial charge in [0.1, 0.15) is 0 Å². The third kappa shape index (κ3) is 3.81.